The molecule has 2 amide bonds. The maximum atomic E-state index is 13.6. The Kier molecular flexibility index (Phi) is 6.43. The fourth-order valence-corrected chi connectivity index (χ4v) is 4.07. The standard InChI is InChI=1S/C25H25N3O6/c1-25(24(30)27-14-18-16(13-26)7-6-10-19(18)32-3)15-33-21-17-8-4-5-9-20(17)34-22(21)23(29)28(25)11-12-31-2/h4-10H,11-12,14-15H2,1-3H3,(H,27,30). The van der Waals surface area contributed by atoms with Crippen LogP contribution in [-0.4, -0.2) is 56.2 Å². The van der Waals surface area contributed by atoms with Crippen molar-refractivity contribution in [3.8, 4) is 17.6 Å². The van der Waals surface area contributed by atoms with Crippen LogP contribution in [0.15, 0.2) is 46.9 Å². The number of hydrogen-bond donors (Lipinski definition) is 1. The lowest BCUT2D eigenvalue weighted by atomic mass is 9.98. The van der Waals surface area contributed by atoms with Gasteiger partial charge in [-0.25, -0.2) is 0 Å². The van der Waals surface area contributed by atoms with Crippen LogP contribution in [0.3, 0.4) is 0 Å². The van der Waals surface area contributed by atoms with Gasteiger partial charge in [-0.3, -0.25) is 9.59 Å². The molecule has 3 aromatic rings. The van der Waals surface area contributed by atoms with Gasteiger partial charge in [0, 0.05) is 25.8 Å². The van der Waals surface area contributed by atoms with E-state index >= 15 is 0 Å². The van der Waals surface area contributed by atoms with Crippen molar-refractivity contribution in [3.63, 3.8) is 0 Å². The lowest BCUT2D eigenvalue weighted by Crippen LogP contribution is -2.61. The maximum Gasteiger partial charge on any atom is 0.294 e. The minimum absolute atomic E-state index is 0.0418. The Morgan fingerprint density at radius 1 is 1.24 bits per heavy atom. The second-order valence-electron chi connectivity index (χ2n) is 8.05. The van der Waals surface area contributed by atoms with Gasteiger partial charge in [-0.15, -0.1) is 0 Å². The monoisotopic (exact) mass is 463 g/mol. The molecule has 0 spiro atoms. The zero-order valence-corrected chi connectivity index (χ0v) is 19.2. The van der Waals surface area contributed by atoms with Gasteiger partial charge in [-0.1, -0.05) is 18.2 Å². The molecule has 1 N–H and O–H groups in total. The third-order valence-electron chi connectivity index (χ3n) is 5.99. The summed E-state index contributed by atoms with van der Waals surface area (Å²) in [7, 11) is 3.02. The maximum absolute atomic E-state index is 13.6. The molecule has 1 atom stereocenters. The highest BCUT2D eigenvalue weighted by Crippen LogP contribution is 2.38. The van der Waals surface area contributed by atoms with E-state index in [0.717, 1.165) is 0 Å². The van der Waals surface area contributed by atoms with E-state index in [0.29, 0.717) is 33.6 Å². The fraction of sp³-hybridized carbons (Fsp3) is 0.320. The predicted octanol–water partition coefficient (Wildman–Crippen LogP) is 2.87. The number of methoxy groups -OCH3 is 2. The van der Waals surface area contributed by atoms with E-state index in [1.54, 1.807) is 37.3 Å². The van der Waals surface area contributed by atoms with Crippen LogP contribution < -0.4 is 14.8 Å². The number of furan rings is 1. The van der Waals surface area contributed by atoms with Crippen LogP contribution in [0.25, 0.3) is 11.0 Å². The number of carbonyl (C=O) groups is 2. The summed E-state index contributed by atoms with van der Waals surface area (Å²) in [6.45, 7) is 1.95. The Morgan fingerprint density at radius 3 is 2.76 bits per heavy atom. The number of nitrogens with zero attached hydrogens (tertiary/aromatic N) is 2. The lowest BCUT2D eigenvalue weighted by molar-refractivity contribution is -0.133. The zero-order valence-electron chi connectivity index (χ0n) is 19.2. The molecular formula is C25H25N3O6. The third-order valence-corrected chi connectivity index (χ3v) is 5.99. The summed E-state index contributed by atoms with van der Waals surface area (Å²) in [6, 6.07) is 14.4. The number of nitriles is 1. The quantitative estimate of drug-likeness (QED) is 0.573. The minimum Gasteiger partial charge on any atom is -0.496 e. The van der Waals surface area contributed by atoms with Crippen molar-refractivity contribution in [2.75, 3.05) is 34.0 Å². The SMILES string of the molecule is COCCN1C(=O)c2oc3ccccc3c2OCC1(C)C(=O)NCc1c(C#N)cccc1OC. The first-order valence-corrected chi connectivity index (χ1v) is 10.7. The molecule has 1 aliphatic heterocycles. The molecule has 0 saturated heterocycles. The van der Waals surface area contributed by atoms with Gasteiger partial charge in [0.05, 0.1) is 30.7 Å². The van der Waals surface area contributed by atoms with Gasteiger partial charge in [-0.05, 0) is 31.2 Å². The van der Waals surface area contributed by atoms with Crippen molar-refractivity contribution in [1.82, 2.24) is 10.2 Å². The zero-order chi connectivity index (χ0) is 24.3. The number of carbonyl (C=O) groups excluding carboxylic acids is 2. The minimum atomic E-state index is -1.37. The smallest absolute Gasteiger partial charge is 0.294 e. The van der Waals surface area contributed by atoms with E-state index < -0.39 is 17.4 Å². The summed E-state index contributed by atoms with van der Waals surface area (Å²) in [6.07, 6.45) is 0. The summed E-state index contributed by atoms with van der Waals surface area (Å²) in [5.74, 6) is -0.0597. The molecular weight excluding hydrogens is 438 g/mol. The average Bonchev–Trinajstić information content (AvgIpc) is 3.19. The van der Waals surface area contributed by atoms with Crippen molar-refractivity contribution in [2.24, 2.45) is 0 Å². The number of rotatable bonds is 7. The van der Waals surface area contributed by atoms with Crippen LogP contribution in [-0.2, 0) is 16.1 Å². The number of benzene rings is 2. The second kappa shape index (κ2) is 9.45. The van der Waals surface area contributed by atoms with E-state index in [9.17, 15) is 14.9 Å². The van der Waals surface area contributed by atoms with Crippen molar-refractivity contribution in [3.05, 3.63) is 59.4 Å². The molecule has 9 heteroatoms. The molecule has 0 bridgehead atoms. The molecule has 0 fully saturated rings. The molecule has 9 nitrogen and oxygen atoms in total. The Morgan fingerprint density at radius 2 is 2.03 bits per heavy atom. The van der Waals surface area contributed by atoms with Crippen LogP contribution >= 0.6 is 0 Å². The van der Waals surface area contributed by atoms with E-state index in [-0.39, 0.29) is 32.1 Å². The molecule has 0 radical (unpaired) electrons. The summed E-state index contributed by atoms with van der Waals surface area (Å²) in [5.41, 5.74) is 0.0971. The van der Waals surface area contributed by atoms with E-state index in [2.05, 4.69) is 11.4 Å². The number of ether oxygens (including phenoxy) is 3. The Hall–Kier alpha value is -4.03. The number of amides is 2. The third kappa shape index (κ3) is 3.93. The summed E-state index contributed by atoms with van der Waals surface area (Å²) in [4.78, 5) is 28.5. The van der Waals surface area contributed by atoms with Crippen LogP contribution in [0.1, 0.15) is 28.6 Å². The average molecular weight is 463 g/mol. The normalized spacial score (nSPS) is 17.5. The molecule has 4 rings (SSSR count). The lowest BCUT2D eigenvalue weighted by Gasteiger charge is -2.37. The highest BCUT2D eigenvalue weighted by molar-refractivity contribution is 6.04. The highest BCUT2D eigenvalue weighted by Gasteiger charge is 2.47. The summed E-state index contributed by atoms with van der Waals surface area (Å²) >= 11 is 0. The van der Waals surface area contributed by atoms with Gasteiger partial charge in [0.15, 0.2) is 11.3 Å². The molecule has 2 heterocycles. The molecule has 2 aromatic carbocycles. The molecule has 1 aromatic heterocycles. The van der Waals surface area contributed by atoms with Gasteiger partial charge in [0.1, 0.15) is 17.9 Å². The predicted molar refractivity (Wildman–Crippen MR) is 123 cm³/mol. The molecule has 0 saturated carbocycles. The van der Waals surface area contributed by atoms with Gasteiger partial charge in [-0.2, -0.15) is 5.26 Å². The second-order valence-corrected chi connectivity index (χ2v) is 8.05. The Labute approximate surface area is 196 Å². The first-order chi connectivity index (χ1) is 16.4. The number of para-hydroxylation sites is 1. The number of hydrogen-bond acceptors (Lipinski definition) is 7. The van der Waals surface area contributed by atoms with Gasteiger partial charge in [0.25, 0.3) is 5.91 Å². The molecule has 0 aliphatic carbocycles. The van der Waals surface area contributed by atoms with Crippen molar-refractivity contribution in [1.29, 1.82) is 5.26 Å². The summed E-state index contributed by atoms with van der Waals surface area (Å²) in [5, 5.41) is 13.0. The van der Waals surface area contributed by atoms with E-state index in [1.807, 2.05) is 12.1 Å². The van der Waals surface area contributed by atoms with Gasteiger partial charge < -0.3 is 28.8 Å². The highest BCUT2D eigenvalue weighted by atomic mass is 16.5. The van der Waals surface area contributed by atoms with Gasteiger partial charge >= 0.3 is 0 Å². The largest absolute Gasteiger partial charge is 0.496 e. The number of nitrogens with one attached hydrogen (secondary N) is 1. The van der Waals surface area contributed by atoms with Crippen LogP contribution in [0.2, 0.25) is 0 Å². The first kappa shape index (κ1) is 23.1. The van der Waals surface area contributed by atoms with Crippen molar-refractivity contribution >= 4 is 22.8 Å². The number of fused-ring (bicyclic) bond motifs is 3. The first-order valence-electron chi connectivity index (χ1n) is 10.7. The van der Waals surface area contributed by atoms with E-state index in [4.69, 9.17) is 18.6 Å². The fourth-order valence-electron chi connectivity index (χ4n) is 4.07. The molecule has 176 valence electrons. The molecule has 1 unspecified atom stereocenters. The topological polar surface area (TPSA) is 114 Å². The van der Waals surface area contributed by atoms with Crippen LogP contribution in [0.4, 0.5) is 0 Å². The van der Waals surface area contributed by atoms with Crippen LogP contribution in [0.5, 0.6) is 11.5 Å². The van der Waals surface area contributed by atoms with Crippen molar-refractivity contribution < 1.29 is 28.2 Å². The van der Waals surface area contributed by atoms with E-state index in [1.165, 1.54) is 19.1 Å². The van der Waals surface area contributed by atoms with Crippen LogP contribution in [0, 0.1) is 11.3 Å². The Bertz CT molecular complexity index is 1280. The van der Waals surface area contributed by atoms with Gasteiger partial charge in [0.2, 0.25) is 11.7 Å². The van der Waals surface area contributed by atoms with Crippen molar-refractivity contribution in [2.45, 2.75) is 19.0 Å². The molecule has 1 aliphatic rings. The summed E-state index contributed by atoms with van der Waals surface area (Å²) < 4.78 is 22.4. The molecule has 34 heavy (non-hydrogen) atoms. The Balaban J connectivity index is 1.66.